The van der Waals surface area contributed by atoms with Crippen LogP contribution in [-0.4, -0.2) is 24.3 Å². The maximum atomic E-state index is 9.17. The fourth-order valence-electron chi connectivity index (χ4n) is 2.63. The van der Waals surface area contributed by atoms with Crippen molar-refractivity contribution in [3.8, 4) is 0 Å². The van der Waals surface area contributed by atoms with Gasteiger partial charge in [0.25, 0.3) is 0 Å². The fourth-order valence-corrected chi connectivity index (χ4v) is 2.63. The molecule has 0 amide bonds. The van der Waals surface area contributed by atoms with E-state index < -0.39 is 0 Å². The Hall–Kier alpha value is -0.0800. The van der Waals surface area contributed by atoms with Crippen molar-refractivity contribution in [1.82, 2.24) is 5.32 Å². The van der Waals surface area contributed by atoms with Crippen molar-refractivity contribution in [3.63, 3.8) is 0 Å². The average Bonchev–Trinajstić information content (AvgIpc) is 2.53. The van der Waals surface area contributed by atoms with Gasteiger partial charge in [-0.2, -0.15) is 0 Å². The van der Waals surface area contributed by atoms with Gasteiger partial charge in [-0.15, -0.1) is 0 Å². The number of aliphatic hydroxyl groups is 1. The molecule has 1 atom stereocenters. The first kappa shape index (κ1) is 14.0. The lowest BCUT2D eigenvalue weighted by atomic mass is 9.86. The van der Waals surface area contributed by atoms with Crippen molar-refractivity contribution >= 4 is 0 Å². The van der Waals surface area contributed by atoms with E-state index in [2.05, 4.69) is 33.0 Å². The summed E-state index contributed by atoms with van der Waals surface area (Å²) in [5.41, 5.74) is 0.569. The van der Waals surface area contributed by atoms with Gasteiger partial charge in [0.2, 0.25) is 0 Å². The largest absolute Gasteiger partial charge is 0.396 e. The van der Waals surface area contributed by atoms with E-state index in [0.29, 0.717) is 18.1 Å². The Labute approximate surface area is 101 Å². The molecule has 1 rings (SSSR count). The Bertz CT molecular complexity index is 211. The van der Waals surface area contributed by atoms with Crippen LogP contribution in [0, 0.1) is 10.8 Å². The number of aliphatic hydroxyl groups excluding tert-OH is 1. The van der Waals surface area contributed by atoms with Gasteiger partial charge in [-0.3, -0.25) is 0 Å². The SMILES string of the molecule is CC(C)(CO)CCCNC1CCCC1(C)C. The van der Waals surface area contributed by atoms with Crippen molar-refractivity contribution < 1.29 is 5.11 Å². The normalized spacial score (nSPS) is 24.9. The minimum Gasteiger partial charge on any atom is -0.396 e. The van der Waals surface area contributed by atoms with E-state index in [0.717, 1.165) is 13.0 Å². The van der Waals surface area contributed by atoms with Crippen LogP contribution in [0.4, 0.5) is 0 Å². The first-order valence-electron chi connectivity index (χ1n) is 6.72. The van der Waals surface area contributed by atoms with E-state index in [1.165, 1.54) is 25.7 Å². The first-order chi connectivity index (χ1) is 7.37. The van der Waals surface area contributed by atoms with Crippen LogP contribution >= 0.6 is 0 Å². The van der Waals surface area contributed by atoms with Crippen molar-refractivity contribution in [2.24, 2.45) is 10.8 Å². The Morgan fingerprint density at radius 3 is 2.56 bits per heavy atom. The number of nitrogens with one attached hydrogen (secondary N) is 1. The number of rotatable bonds is 6. The van der Waals surface area contributed by atoms with Gasteiger partial charge in [0, 0.05) is 12.6 Å². The molecule has 0 heterocycles. The summed E-state index contributed by atoms with van der Waals surface area (Å²) >= 11 is 0. The van der Waals surface area contributed by atoms with Gasteiger partial charge >= 0.3 is 0 Å². The van der Waals surface area contributed by atoms with Crippen LogP contribution in [-0.2, 0) is 0 Å². The van der Waals surface area contributed by atoms with E-state index in [1.807, 2.05) is 0 Å². The molecule has 2 N–H and O–H groups in total. The van der Waals surface area contributed by atoms with Crippen LogP contribution in [0.15, 0.2) is 0 Å². The Morgan fingerprint density at radius 2 is 2.06 bits per heavy atom. The lowest BCUT2D eigenvalue weighted by Crippen LogP contribution is -2.38. The van der Waals surface area contributed by atoms with Crippen molar-refractivity contribution in [1.29, 1.82) is 0 Å². The van der Waals surface area contributed by atoms with Crippen LogP contribution in [0.3, 0.4) is 0 Å². The van der Waals surface area contributed by atoms with E-state index in [4.69, 9.17) is 5.11 Å². The quantitative estimate of drug-likeness (QED) is 0.684. The smallest absolute Gasteiger partial charge is 0.0482 e. The van der Waals surface area contributed by atoms with Crippen LogP contribution in [0.2, 0.25) is 0 Å². The highest BCUT2D eigenvalue weighted by Gasteiger charge is 2.33. The lowest BCUT2D eigenvalue weighted by molar-refractivity contribution is 0.146. The molecular formula is C14H29NO. The van der Waals surface area contributed by atoms with Gasteiger partial charge in [-0.1, -0.05) is 34.1 Å². The molecule has 1 unspecified atom stereocenters. The summed E-state index contributed by atoms with van der Waals surface area (Å²) in [6, 6.07) is 0.699. The lowest BCUT2D eigenvalue weighted by Gasteiger charge is -2.28. The van der Waals surface area contributed by atoms with Gasteiger partial charge in [0.1, 0.15) is 0 Å². The van der Waals surface area contributed by atoms with E-state index in [9.17, 15) is 0 Å². The molecule has 0 aromatic heterocycles. The third-order valence-corrected chi connectivity index (χ3v) is 4.11. The molecular weight excluding hydrogens is 198 g/mol. The van der Waals surface area contributed by atoms with Gasteiger partial charge in [-0.25, -0.2) is 0 Å². The molecule has 16 heavy (non-hydrogen) atoms. The summed E-state index contributed by atoms with van der Waals surface area (Å²) in [5.74, 6) is 0. The molecule has 0 spiro atoms. The molecule has 0 aromatic carbocycles. The second-order valence-electron chi connectivity index (χ2n) is 6.81. The zero-order chi connectivity index (χ0) is 12.2. The maximum Gasteiger partial charge on any atom is 0.0482 e. The average molecular weight is 227 g/mol. The van der Waals surface area contributed by atoms with Crippen LogP contribution in [0.25, 0.3) is 0 Å². The highest BCUT2D eigenvalue weighted by Crippen LogP contribution is 2.37. The Morgan fingerprint density at radius 1 is 1.38 bits per heavy atom. The number of hydrogen-bond donors (Lipinski definition) is 2. The third kappa shape index (κ3) is 4.06. The molecule has 1 aliphatic carbocycles. The minimum absolute atomic E-state index is 0.0902. The third-order valence-electron chi connectivity index (χ3n) is 4.11. The Kier molecular flexibility index (Phi) is 4.81. The highest BCUT2D eigenvalue weighted by molar-refractivity contribution is 4.90. The van der Waals surface area contributed by atoms with Crippen LogP contribution < -0.4 is 5.32 Å². The topological polar surface area (TPSA) is 32.3 Å². The summed E-state index contributed by atoms with van der Waals surface area (Å²) in [6.07, 6.45) is 6.32. The molecule has 0 bridgehead atoms. The predicted octanol–water partition coefficient (Wildman–Crippen LogP) is 2.95. The summed E-state index contributed by atoms with van der Waals surface area (Å²) in [5, 5.41) is 12.9. The van der Waals surface area contributed by atoms with Crippen LogP contribution in [0.1, 0.15) is 59.8 Å². The van der Waals surface area contributed by atoms with Gasteiger partial charge in [0.05, 0.1) is 0 Å². The second kappa shape index (κ2) is 5.50. The monoisotopic (exact) mass is 227 g/mol. The van der Waals surface area contributed by atoms with Crippen LogP contribution in [0.5, 0.6) is 0 Å². The maximum absolute atomic E-state index is 9.17. The molecule has 0 aromatic rings. The molecule has 1 aliphatic rings. The van der Waals surface area contributed by atoms with E-state index >= 15 is 0 Å². The van der Waals surface area contributed by atoms with E-state index in [-0.39, 0.29) is 5.41 Å². The molecule has 2 heteroatoms. The molecule has 96 valence electrons. The highest BCUT2D eigenvalue weighted by atomic mass is 16.3. The van der Waals surface area contributed by atoms with Crippen molar-refractivity contribution in [2.75, 3.05) is 13.2 Å². The summed E-state index contributed by atoms with van der Waals surface area (Å²) < 4.78 is 0. The summed E-state index contributed by atoms with van der Waals surface area (Å²) in [7, 11) is 0. The van der Waals surface area contributed by atoms with E-state index in [1.54, 1.807) is 0 Å². The standard InChI is InChI=1S/C14H29NO/c1-13(2,11-16)8-6-10-15-12-7-5-9-14(12,3)4/h12,15-16H,5-11H2,1-4H3. The zero-order valence-corrected chi connectivity index (χ0v) is 11.5. The Balaban J connectivity index is 2.16. The summed E-state index contributed by atoms with van der Waals surface area (Å²) in [6.45, 7) is 10.4. The molecule has 0 saturated heterocycles. The predicted molar refractivity (Wildman–Crippen MR) is 69.5 cm³/mol. The minimum atomic E-state index is 0.0902. The molecule has 1 saturated carbocycles. The second-order valence-corrected chi connectivity index (χ2v) is 6.81. The van der Waals surface area contributed by atoms with Gasteiger partial charge in [-0.05, 0) is 43.1 Å². The van der Waals surface area contributed by atoms with Crippen molar-refractivity contribution in [3.05, 3.63) is 0 Å². The van der Waals surface area contributed by atoms with Crippen molar-refractivity contribution in [2.45, 2.75) is 65.8 Å². The molecule has 0 radical (unpaired) electrons. The van der Waals surface area contributed by atoms with Gasteiger partial charge in [0.15, 0.2) is 0 Å². The zero-order valence-electron chi connectivity index (χ0n) is 11.5. The first-order valence-corrected chi connectivity index (χ1v) is 6.72. The fraction of sp³-hybridized carbons (Fsp3) is 1.00. The number of hydrogen-bond acceptors (Lipinski definition) is 2. The van der Waals surface area contributed by atoms with Gasteiger partial charge < -0.3 is 10.4 Å². The molecule has 1 fully saturated rings. The summed E-state index contributed by atoms with van der Waals surface area (Å²) in [4.78, 5) is 0. The molecule has 0 aliphatic heterocycles. The molecule has 2 nitrogen and oxygen atoms in total.